The Morgan fingerprint density at radius 3 is 2.35 bits per heavy atom. The van der Waals surface area contributed by atoms with Gasteiger partial charge in [-0.25, -0.2) is 15.0 Å². The minimum absolute atomic E-state index is 0.0128. The van der Waals surface area contributed by atoms with E-state index in [4.69, 9.17) is 14.2 Å². The summed E-state index contributed by atoms with van der Waals surface area (Å²) >= 11 is 1.36. The summed E-state index contributed by atoms with van der Waals surface area (Å²) in [5.74, 6) is 2.26. The van der Waals surface area contributed by atoms with Crippen molar-refractivity contribution in [3.8, 4) is 34.8 Å². The first-order valence-corrected chi connectivity index (χ1v) is 11.2. The second-order valence-electron chi connectivity index (χ2n) is 6.94. The topological polar surface area (TPSA) is 112 Å². The van der Waals surface area contributed by atoms with Crippen LogP contribution in [-0.4, -0.2) is 45.4 Å². The van der Waals surface area contributed by atoms with Crippen molar-refractivity contribution in [3.05, 3.63) is 72.6 Å². The molecule has 2 heterocycles. The predicted molar refractivity (Wildman–Crippen MR) is 129 cm³/mol. The molecular formula is C24H23N5O4S. The van der Waals surface area contributed by atoms with Gasteiger partial charge in [0, 0.05) is 17.3 Å². The predicted octanol–water partition coefficient (Wildman–Crippen LogP) is 4.53. The third-order valence-electron chi connectivity index (χ3n) is 4.50. The average molecular weight is 478 g/mol. The highest BCUT2D eigenvalue weighted by Gasteiger charge is 2.22. The lowest BCUT2D eigenvalue weighted by Gasteiger charge is -2.17. The molecule has 0 aliphatic rings. The molecule has 0 spiro atoms. The fourth-order valence-corrected chi connectivity index (χ4v) is 3.50. The number of nitrogens with zero attached hydrogens (tertiary/aromatic N) is 4. The van der Waals surface area contributed by atoms with Crippen LogP contribution in [-0.2, 0) is 0 Å². The van der Waals surface area contributed by atoms with E-state index >= 15 is 0 Å². The monoisotopic (exact) mass is 477 g/mol. The molecule has 174 valence electrons. The van der Waals surface area contributed by atoms with E-state index < -0.39 is 0 Å². The summed E-state index contributed by atoms with van der Waals surface area (Å²) in [7, 11) is 1.56. The summed E-state index contributed by atoms with van der Waals surface area (Å²) in [6.45, 7) is 1.84. The summed E-state index contributed by atoms with van der Waals surface area (Å²) in [6, 6.07) is 17.0. The number of aliphatic hydroxyl groups is 1. The second kappa shape index (κ2) is 11.3. The number of methoxy groups -OCH3 is 1. The first-order chi connectivity index (χ1) is 16.7. The molecule has 0 unspecified atom stereocenters. The number of benzene rings is 2. The van der Waals surface area contributed by atoms with Crippen LogP contribution in [0.5, 0.6) is 23.1 Å². The zero-order valence-corrected chi connectivity index (χ0v) is 19.5. The first-order valence-electron chi connectivity index (χ1n) is 10.4. The van der Waals surface area contributed by atoms with E-state index in [1.807, 2.05) is 43.3 Å². The highest BCUT2D eigenvalue weighted by molar-refractivity contribution is 8.00. The molecule has 0 aliphatic carbocycles. The molecular weight excluding hydrogens is 454 g/mol. The number of nitrogens with one attached hydrogen (secondary N) is 1. The Bertz CT molecular complexity index is 1230. The van der Waals surface area contributed by atoms with Crippen LogP contribution in [0.2, 0.25) is 0 Å². The number of para-hydroxylation sites is 2. The maximum absolute atomic E-state index is 9.35. The quantitative estimate of drug-likeness (QED) is 0.316. The number of anilines is 1. The third-order valence-corrected chi connectivity index (χ3v) is 5.30. The second-order valence-corrected chi connectivity index (χ2v) is 7.82. The summed E-state index contributed by atoms with van der Waals surface area (Å²) in [6.07, 6.45) is 3.21. The van der Waals surface area contributed by atoms with Crippen molar-refractivity contribution in [1.29, 1.82) is 0 Å². The molecule has 2 aromatic carbocycles. The van der Waals surface area contributed by atoms with Crippen LogP contribution in [0.15, 0.2) is 71.9 Å². The zero-order chi connectivity index (χ0) is 23.8. The minimum Gasteiger partial charge on any atom is -0.493 e. The van der Waals surface area contributed by atoms with Crippen molar-refractivity contribution in [2.24, 2.45) is 0 Å². The number of ether oxygens (including phenoxy) is 3. The van der Waals surface area contributed by atoms with Gasteiger partial charge in [0.2, 0.25) is 11.6 Å². The van der Waals surface area contributed by atoms with Gasteiger partial charge in [0.15, 0.2) is 23.1 Å². The van der Waals surface area contributed by atoms with Crippen molar-refractivity contribution >= 4 is 17.8 Å². The Hall–Kier alpha value is -3.89. The van der Waals surface area contributed by atoms with E-state index in [9.17, 15) is 5.11 Å². The van der Waals surface area contributed by atoms with E-state index in [-0.39, 0.29) is 30.7 Å². The largest absolute Gasteiger partial charge is 0.493 e. The average Bonchev–Trinajstić information content (AvgIpc) is 2.88. The van der Waals surface area contributed by atoms with Crippen LogP contribution in [0.4, 0.5) is 5.82 Å². The molecule has 0 atom stereocenters. The smallest absolute Gasteiger partial charge is 0.263 e. The molecule has 34 heavy (non-hydrogen) atoms. The van der Waals surface area contributed by atoms with Gasteiger partial charge in [-0.3, -0.25) is 0 Å². The minimum atomic E-state index is -0.198. The molecule has 0 radical (unpaired) electrons. The molecule has 0 amide bonds. The summed E-state index contributed by atoms with van der Waals surface area (Å²) in [5.41, 5.74) is 1.16. The maximum atomic E-state index is 9.35. The molecule has 0 aliphatic heterocycles. The number of aryl methyl sites for hydroxylation is 1. The Kier molecular flexibility index (Phi) is 7.74. The molecule has 4 aromatic rings. The SMILES string of the molecule is COc1ccccc1Oc1c(NSc2ccc(C)cc2)nc(-c2ncccn2)nc1OCCO. The van der Waals surface area contributed by atoms with E-state index in [2.05, 4.69) is 24.7 Å². The fraction of sp³-hybridized carbons (Fsp3) is 0.167. The Morgan fingerprint density at radius 2 is 1.65 bits per heavy atom. The first kappa shape index (κ1) is 23.3. The molecule has 2 aromatic heterocycles. The van der Waals surface area contributed by atoms with Gasteiger partial charge < -0.3 is 24.0 Å². The number of aliphatic hydroxyl groups excluding tert-OH is 1. The van der Waals surface area contributed by atoms with Crippen LogP contribution in [0.3, 0.4) is 0 Å². The van der Waals surface area contributed by atoms with Crippen molar-refractivity contribution in [1.82, 2.24) is 19.9 Å². The van der Waals surface area contributed by atoms with Gasteiger partial charge in [0.05, 0.1) is 13.7 Å². The van der Waals surface area contributed by atoms with Crippen molar-refractivity contribution in [3.63, 3.8) is 0 Å². The van der Waals surface area contributed by atoms with E-state index in [0.717, 1.165) is 10.5 Å². The molecule has 0 saturated carbocycles. The van der Waals surface area contributed by atoms with Gasteiger partial charge in [-0.15, -0.1) is 0 Å². The van der Waals surface area contributed by atoms with Crippen LogP contribution < -0.4 is 18.9 Å². The normalized spacial score (nSPS) is 10.6. The number of hydrogen-bond acceptors (Lipinski definition) is 10. The lowest BCUT2D eigenvalue weighted by molar-refractivity contribution is 0.192. The summed E-state index contributed by atoms with van der Waals surface area (Å²) < 4.78 is 20.6. The lowest BCUT2D eigenvalue weighted by atomic mass is 10.2. The fourth-order valence-electron chi connectivity index (χ4n) is 2.87. The highest BCUT2D eigenvalue weighted by Crippen LogP contribution is 2.41. The lowest BCUT2D eigenvalue weighted by Crippen LogP contribution is -2.09. The van der Waals surface area contributed by atoms with Crippen molar-refractivity contribution < 1.29 is 19.3 Å². The number of aromatic nitrogens is 4. The summed E-state index contributed by atoms with van der Waals surface area (Å²) in [4.78, 5) is 18.6. The Morgan fingerprint density at radius 1 is 0.912 bits per heavy atom. The third kappa shape index (κ3) is 5.72. The van der Waals surface area contributed by atoms with E-state index in [1.54, 1.807) is 37.7 Å². The number of rotatable bonds is 10. The van der Waals surface area contributed by atoms with Crippen molar-refractivity contribution in [2.75, 3.05) is 25.0 Å². The number of hydrogen-bond donors (Lipinski definition) is 2. The molecule has 9 nitrogen and oxygen atoms in total. The van der Waals surface area contributed by atoms with Gasteiger partial charge in [0.25, 0.3) is 5.88 Å². The zero-order valence-electron chi connectivity index (χ0n) is 18.6. The van der Waals surface area contributed by atoms with Gasteiger partial charge in [-0.05, 0) is 49.2 Å². The van der Waals surface area contributed by atoms with Gasteiger partial charge >= 0.3 is 0 Å². The maximum Gasteiger partial charge on any atom is 0.263 e. The molecule has 0 bridgehead atoms. The Balaban J connectivity index is 1.78. The van der Waals surface area contributed by atoms with Gasteiger partial charge in [-0.2, -0.15) is 4.98 Å². The molecule has 10 heteroatoms. The van der Waals surface area contributed by atoms with Gasteiger partial charge in [0.1, 0.15) is 6.61 Å². The molecule has 0 saturated heterocycles. The van der Waals surface area contributed by atoms with Crippen LogP contribution in [0.25, 0.3) is 11.6 Å². The molecule has 0 fully saturated rings. The van der Waals surface area contributed by atoms with E-state index in [1.165, 1.54) is 11.9 Å². The van der Waals surface area contributed by atoms with Crippen LogP contribution in [0.1, 0.15) is 5.56 Å². The Labute approximate surface area is 201 Å². The van der Waals surface area contributed by atoms with E-state index in [0.29, 0.717) is 23.1 Å². The van der Waals surface area contributed by atoms with Crippen molar-refractivity contribution in [2.45, 2.75) is 11.8 Å². The highest BCUT2D eigenvalue weighted by atomic mass is 32.2. The van der Waals surface area contributed by atoms with Gasteiger partial charge in [-0.1, -0.05) is 29.8 Å². The standard InChI is InChI=1S/C24H23N5O4S/c1-16-8-10-17(11-9-16)34-29-21-20(33-19-7-4-3-6-18(19)31-2)24(32-15-14-30)28-23(27-21)22-25-12-5-13-26-22/h3-13,30H,14-15H2,1-2H3,(H,27,28,29). The summed E-state index contributed by atoms with van der Waals surface area (Å²) in [5, 5.41) is 9.35. The molecule has 4 rings (SSSR count). The molecule has 2 N–H and O–H groups in total. The van der Waals surface area contributed by atoms with Crippen LogP contribution >= 0.6 is 11.9 Å². The van der Waals surface area contributed by atoms with Crippen LogP contribution in [0, 0.1) is 6.92 Å².